The summed E-state index contributed by atoms with van der Waals surface area (Å²) < 4.78 is 5.57. The lowest BCUT2D eigenvalue weighted by Gasteiger charge is -2.17. The Morgan fingerprint density at radius 1 is 0.884 bits per heavy atom. The van der Waals surface area contributed by atoms with Crippen molar-refractivity contribution in [3.63, 3.8) is 0 Å². The third kappa shape index (κ3) is 14.4. The van der Waals surface area contributed by atoms with Crippen molar-refractivity contribution >= 4 is 23.6 Å². The van der Waals surface area contributed by atoms with Crippen LogP contribution in [0.1, 0.15) is 147 Å². The van der Waals surface area contributed by atoms with Crippen molar-refractivity contribution in [3.8, 4) is 5.75 Å². The van der Waals surface area contributed by atoms with Gasteiger partial charge in [-0.2, -0.15) is 0 Å². The summed E-state index contributed by atoms with van der Waals surface area (Å²) >= 11 is 0. The maximum absolute atomic E-state index is 12.5. The number of amides is 1. The van der Waals surface area contributed by atoms with Crippen molar-refractivity contribution in [1.29, 1.82) is 0 Å². The van der Waals surface area contributed by atoms with E-state index in [2.05, 4.69) is 24.4 Å². The first kappa shape index (κ1) is 36.2. The number of Topliss-reactive ketones (excluding diaryl/α,β-unsaturated/α-hetero) is 1. The number of ether oxygens (including phenoxy) is 1. The fourth-order valence-electron chi connectivity index (χ4n) is 5.51. The molecule has 0 heterocycles. The lowest BCUT2D eigenvalue weighted by molar-refractivity contribution is -0.141. The van der Waals surface area contributed by atoms with Crippen LogP contribution in [0.3, 0.4) is 0 Å². The Morgan fingerprint density at radius 3 is 2.12 bits per heavy atom. The molecule has 43 heavy (non-hydrogen) atoms. The molecule has 0 bridgehead atoms. The van der Waals surface area contributed by atoms with Crippen LogP contribution < -0.4 is 10.1 Å². The van der Waals surface area contributed by atoms with Crippen molar-refractivity contribution in [2.24, 2.45) is 5.92 Å². The van der Waals surface area contributed by atoms with Gasteiger partial charge >= 0.3 is 11.9 Å². The van der Waals surface area contributed by atoms with E-state index in [1.54, 1.807) is 19.1 Å². The molecule has 0 saturated heterocycles. The summed E-state index contributed by atoms with van der Waals surface area (Å²) in [5.41, 5.74) is 1.45. The summed E-state index contributed by atoms with van der Waals surface area (Å²) in [5.74, 6) is -1.23. The Bertz CT molecular complexity index is 1050. The smallest absolute Gasteiger partial charge is 0.326 e. The van der Waals surface area contributed by atoms with Gasteiger partial charge in [0.05, 0.1) is 0 Å². The first-order valence-corrected chi connectivity index (χ1v) is 16.8. The third-order valence-electron chi connectivity index (χ3n) is 8.28. The van der Waals surface area contributed by atoms with Crippen LogP contribution in [0, 0.1) is 5.92 Å². The van der Waals surface area contributed by atoms with E-state index in [1.165, 1.54) is 44.9 Å². The SMILES string of the molecule is CCCCCCCC/C=C\CCCCCCCC(=O)N[C@@H](Cc1ccc(C2CC2C(=O)CC)c(OC(=O)CC)c1)C(=O)O. The Labute approximate surface area is 259 Å². The van der Waals surface area contributed by atoms with E-state index < -0.39 is 12.0 Å². The molecule has 1 aliphatic rings. The predicted octanol–water partition coefficient (Wildman–Crippen LogP) is 8.23. The molecule has 1 aliphatic carbocycles. The lowest BCUT2D eigenvalue weighted by Crippen LogP contribution is -2.42. The molecule has 7 heteroatoms. The molecule has 7 nitrogen and oxygen atoms in total. The highest BCUT2D eigenvalue weighted by Crippen LogP contribution is 2.51. The normalized spacial score (nSPS) is 16.6. The molecule has 1 amide bonds. The minimum Gasteiger partial charge on any atom is -0.480 e. The van der Waals surface area contributed by atoms with Crippen LogP contribution in [0.2, 0.25) is 0 Å². The van der Waals surface area contributed by atoms with Crippen LogP contribution in [0.5, 0.6) is 5.75 Å². The van der Waals surface area contributed by atoms with Crippen molar-refractivity contribution in [2.75, 3.05) is 0 Å². The Hall–Kier alpha value is -2.96. The van der Waals surface area contributed by atoms with E-state index in [9.17, 15) is 24.3 Å². The molecule has 0 radical (unpaired) electrons. The van der Waals surface area contributed by atoms with Gasteiger partial charge in [-0.05, 0) is 61.6 Å². The van der Waals surface area contributed by atoms with Crippen molar-refractivity contribution in [1.82, 2.24) is 5.32 Å². The molecular formula is C36H55NO6. The van der Waals surface area contributed by atoms with Gasteiger partial charge in [0.25, 0.3) is 0 Å². The second-order valence-corrected chi connectivity index (χ2v) is 12.0. The monoisotopic (exact) mass is 597 g/mol. The van der Waals surface area contributed by atoms with Gasteiger partial charge in [-0.25, -0.2) is 4.79 Å². The summed E-state index contributed by atoms with van der Waals surface area (Å²) in [6.07, 6.45) is 21.7. The number of carboxylic acids is 1. The van der Waals surface area contributed by atoms with Gasteiger partial charge < -0.3 is 15.2 Å². The van der Waals surface area contributed by atoms with Gasteiger partial charge in [0.15, 0.2) is 0 Å². The number of unbranched alkanes of at least 4 members (excludes halogenated alkanes) is 11. The van der Waals surface area contributed by atoms with E-state index in [0.29, 0.717) is 24.2 Å². The molecule has 2 unspecified atom stereocenters. The molecule has 1 fully saturated rings. The van der Waals surface area contributed by atoms with Crippen LogP contribution in [-0.2, 0) is 25.6 Å². The standard InChI is InChI=1S/C36H55NO6/c1-4-7-8-9-10-11-12-13-14-15-16-17-18-19-20-21-34(39)37-31(36(41)42)24-27-22-23-28(29-26-30(29)32(38)5-2)33(25-27)43-35(40)6-3/h13-14,22-23,25,29-31H,4-12,15-21,24,26H2,1-3H3,(H,37,39)(H,41,42)/b14-13-/t29?,30?,31-/m0/s1. The molecule has 3 atom stereocenters. The molecule has 0 aromatic heterocycles. The van der Waals surface area contributed by atoms with Crippen LogP contribution >= 0.6 is 0 Å². The number of allylic oxidation sites excluding steroid dienone is 2. The van der Waals surface area contributed by atoms with Crippen LogP contribution in [0.15, 0.2) is 30.4 Å². The van der Waals surface area contributed by atoms with Crippen molar-refractivity contribution in [2.45, 2.75) is 148 Å². The Kier molecular flexibility index (Phi) is 17.6. The van der Waals surface area contributed by atoms with Crippen LogP contribution in [-0.4, -0.2) is 34.8 Å². The summed E-state index contributed by atoms with van der Waals surface area (Å²) in [7, 11) is 0. The molecule has 240 valence electrons. The number of hydrogen-bond donors (Lipinski definition) is 2. The van der Waals surface area contributed by atoms with E-state index in [-0.39, 0.29) is 42.3 Å². The number of carboxylic acid groups (broad SMARTS) is 1. The second kappa shape index (κ2) is 20.9. The number of ketones is 1. The minimum atomic E-state index is -1.11. The fourth-order valence-corrected chi connectivity index (χ4v) is 5.51. The average molecular weight is 598 g/mol. The van der Waals surface area contributed by atoms with Gasteiger partial charge in [-0.3, -0.25) is 14.4 Å². The van der Waals surface area contributed by atoms with Gasteiger partial charge in [0, 0.05) is 31.6 Å². The van der Waals surface area contributed by atoms with Crippen molar-refractivity contribution < 1.29 is 29.0 Å². The highest BCUT2D eigenvalue weighted by molar-refractivity contribution is 5.85. The van der Waals surface area contributed by atoms with Crippen LogP contribution in [0.4, 0.5) is 0 Å². The van der Waals surface area contributed by atoms with E-state index in [4.69, 9.17) is 4.74 Å². The van der Waals surface area contributed by atoms with Gasteiger partial charge in [0.2, 0.25) is 5.91 Å². The molecule has 1 aromatic carbocycles. The molecule has 0 aliphatic heterocycles. The zero-order valence-corrected chi connectivity index (χ0v) is 26.8. The maximum Gasteiger partial charge on any atom is 0.326 e. The average Bonchev–Trinajstić information content (AvgIpc) is 3.79. The number of nitrogens with one attached hydrogen (secondary N) is 1. The predicted molar refractivity (Wildman–Crippen MR) is 171 cm³/mol. The fraction of sp³-hybridized carbons (Fsp3) is 0.667. The summed E-state index contributed by atoms with van der Waals surface area (Å²) in [6.45, 7) is 5.80. The highest BCUT2D eigenvalue weighted by atomic mass is 16.5. The summed E-state index contributed by atoms with van der Waals surface area (Å²) in [6, 6.07) is 4.23. The zero-order chi connectivity index (χ0) is 31.5. The number of carbonyl (C=O) groups is 4. The molecule has 0 spiro atoms. The van der Waals surface area contributed by atoms with Crippen LogP contribution in [0.25, 0.3) is 0 Å². The minimum absolute atomic E-state index is 0.0162. The van der Waals surface area contributed by atoms with Gasteiger partial charge in [-0.15, -0.1) is 0 Å². The number of benzene rings is 1. The number of hydrogen-bond acceptors (Lipinski definition) is 5. The quantitative estimate of drug-likeness (QED) is 0.0538. The molecular weight excluding hydrogens is 542 g/mol. The van der Waals surface area contributed by atoms with E-state index >= 15 is 0 Å². The lowest BCUT2D eigenvalue weighted by atomic mass is 9.99. The molecule has 2 N–H and O–H groups in total. The Balaban J connectivity index is 1.72. The zero-order valence-electron chi connectivity index (χ0n) is 26.8. The number of carbonyl (C=O) groups excluding carboxylic acids is 3. The summed E-state index contributed by atoms with van der Waals surface area (Å²) in [4.78, 5) is 48.7. The Morgan fingerprint density at radius 2 is 1.51 bits per heavy atom. The van der Waals surface area contributed by atoms with Gasteiger partial charge in [0.1, 0.15) is 17.6 Å². The van der Waals surface area contributed by atoms with E-state index in [0.717, 1.165) is 50.5 Å². The third-order valence-corrected chi connectivity index (χ3v) is 8.28. The van der Waals surface area contributed by atoms with E-state index in [1.807, 2.05) is 13.0 Å². The number of rotatable bonds is 24. The summed E-state index contributed by atoms with van der Waals surface area (Å²) in [5, 5.41) is 12.4. The van der Waals surface area contributed by atoms with Crippen molar-refractivity contribution in [3.05, 3.63) is 41.5 Å². The first-order chi connectivity index (χ1) is 20.8. The maximum atomic E-state index is 12.5. The van der Waals surface area contributed by atoms with Gasteiger partial charge in [-0.1, -0.05) is 96.4 Å². The molecule has 1 saturated carbocycles. The topological polar surface area (TPSA) is 110 Å². The number of aliphatic carboxylic acids is 1. The first-order valence-electron chi connectivity index (χ1n) is 16.8. The molecule has 2 rings (SSSR count). The highest BCUT2D eigenvalue weighted by Gasteiger charge is 2.44. The number of esters is 1. The second-order valence-electron chi connectivity index (χ2n) is 12.0. The largest absolute Gasteiger partial charge is 0.480 e. The molecule has 1 aromatic rings.